The molecule has 19 heavy (non-hydrogen) atoms. The van der Waals surface area contributed by atoms with Gasteiger partial charge in [0.2, 0.25) is 0 Å². The van der Waals surface area contributed by atoms with Crippen LogP contribution in [0.15, 0.2) is 36.5 Å². The zero-order valence-corrected chi connectivity index (χ0v) is 11.2. The van der Waals surface area contributed by atoms with E-state index in [1.807, 2.05) is 19.1 Å². The van der Waals surface area contributed by atoms with Crippen LogP contribution in [0.1, 0.15) is 12.5 Å². The third-order valence-corrected chi connectivity index (χ3v) is 2.82. The van der Waals surface area contributed by atoms with Gasteiger partial charge in [-0.25, -0.2) is 9.37 Å². The summed E-state index contributed by atoms with van der Waals surface area (Å²) in [7, 11) is 0. The van der Waals surface area contributed by atoms with Crippen molar-refractivity contribution < 1.29 is 9.13 Å². The van der Waals surface area contributed by atoms with E-state index >= 15 is 0 Å². The van der Waals surface area contributed by atoms with Crippen LogP contribution in [-0.4, -0.2) is 11.5 Å². The Morgan fingerprint density at radius 1 is 1.32 bits per heavy atom. The van der Waals surface area contributed by atoms with Crippen molar-refractivity contribution in [2.45, 2.75) is 13.5 Å². The minimum Gasteiger partial charge on any atom is -0.484 e. The lowest BCUT2D eigenvalue weighted by Crippen LogP contribution is -2.06. The van der Waals surface area contributed by atoms with E-state index in [-0.39, 0.29) is 17.4 Å². The number of pyridine rings is 1. The van der Waals surface area contributed by atoms with Gasteiger partial charge in [0, 0.05) is 18.3 Å². The number of hydrogen-bond donors (Lipinski definition) is 1. The quantitative estimate of drug-likeness (QED) is 0.902. The average Bonchev–Trinajstić information content (AvgIpc) is 2.40. The maximum atomic E-state index is 13.6. The molecule has 0 fully saturated rings. The standard InChI is InChI=1S/C14H14ClFN2O/c1-2-17-14-10(5-4-8-18-14)9-19-13-11(15)6-3-7-12(13)16/h3-8H,2,9H2,1H3,(H,17,18). The number of ether oxygens (including phenoxy) is 1. The zero-order valence-electron chi connectivity index (χ0n) is 10.5. The molecule has 0 aliphatic rings. The van der Waals surface area contributed by atoms with Crippen molar-refractivity contribution >= 4 is 17.4 Å². The molecule has 3 nitrogen and oxygen atoms in total. The van der Waals surface area contributed by atoms with Crippen LogP contribution in [0.2, 0.25) is 5.02 Å². The molecular formula is C14H14ClFN2O. The van der Waals surface area contributed by atoms with Gasteiger partial charge in [-0.2, -0.15) is 0 Å². The highest BCUT2D eigenvalue weighted by Gasteiger charge is 2.10. The van der Waals surface area contributed by atoms with Crippen molar-refractivity contribution in [3.8, 4) is 5.75 Å². The largest absolute Gasteiger partial charge is 0.484 e. The van der Waals surface area contributed by atoms with Gasteiger partial charge in [-0.3, -0.25) is 0 Å². The van der Waals surface area contributed by atoms with Crippen molar-refractivity contribution in [3.63, 3.8) is 0 Å². The number of benzene rings is 1. The van der Waals surface area contributed by atoms with E-state index in [9.17, 15) is 4.39 Å². The van der Waals surface area contributed by atoms with Crippen LogP contribution < -0.4 is 10.1 Å². The number of nitrogens with zero attached hydrogens (tertiary/aromatic N) is 1. The predicted molar refractivity (Wildman–Crippen MR) is 74.1 cm³/mol. The Balaban J connectivity index is 2.15. The van der Waals surface area contributed by atoms with E-state index in [1.54, 1.807) is 18.3 Å². The van der Waals surface area contributed by atoms with Crippen LogP contribution in [0, 0.1) is 5.82 Å². The summed E-state index contributed by atoms with van der Waals surface area (Å²) < 4.78 is 19.0. The van der Waals surface area contributed by atoms with Crippen molar-refractivity contribution in [1.29, 1.82) is 0 Å². The second-order valence-electron chi connectivity index (χ2n) is 3.88. The van der Waals surface area contributed by atoms with E-state index in [4.69, 9.17) is 16.3 Å². The maximum Gasteiger partial charge on any atom is 0.174 e. The SMILES string of the molecule is CCNc1ncccc1COc1c(F)cccc1Cl. The summed E-state index contributed by atoms with van der Waals surface area (Å²) in [6.45, 7) is 2.94. The first-order chi connectivity index (χ1) is 9.22. The average molecular weight is 281 g/mol. The molecule has 2 rings (SSSR count). The summed E-state index contributed by atoms with van der Waals surface area (Å²) in [4.78, 5) is 4.21. The zero-order chi connectivity index (χ0) is 13.7. The monoisotopic (exact) mass is 280 g/mol. The molecule has 0 bridgehead atoms. The van der Waals surface area contributed by atoms with Crippen LogP contribution in [0.4, 0.5) is 10.2 Å². The van der Waals surface area contributed by atoms with E-state index in [2.05, 4.69) is 10.3 Å². The fraction of sp³-hybridized carbons (Fsp3) is 0.214. The minimum absolute atomic E-state index is 0.0652. The van der Waals surface area contributed by atoms with Crippen molar-refractivity contribution in [3.05, 3.63) is 52.9 Å². The lowest BCUT2D eigenvalue weighted by Gasteiger charge is -2.12. The predicted octanol–water partition coefficient (Wildman–Crippen LogP) is 3.88. The van der Waals surface area contributed by atoms with Crippen LogP contribution in [0.25, 0.3) is 0 Å². The Kier molecular flexibility index (Phi) is 4.58. The molecule has 1 aromatic heterocycles. The Hall–Kier alpha value is -1.81. The van der Waals surface area contributed by atoms with E-state index < -0.39 is 5.82 Å². The van der Waals surface area contributed by atoms with Gasteiger partial charge in [0.25, 0.3) is 0 Å². The third-order valence-electron chi connectivity index (χ3n) is 2.53. The Bertz CT molecular complexity index is 543. The molecule has 1 N–H and O–H groups in total. The van der Waals surface area contributed by atoms with Crippen molar-refractivity contribution in [2.24, 2.45) is 0 Å². The molecule has 1 heterocycles. The Morgan fingerprint density at radius 3 is 2.89 bits per heavy atom. The first-order valence-electron chi connectivity index (χ1n) is 5.97. The second-order valence-corrected chi connectivity index (χ2v) is 4.29. The Labute approximate surface area is 116 Å². The summed E-state index contributed by atoms with van der Waals surface area (Å²) >= 11 is 5.90. The van der Waals surface area contributed by atoms with Crippen LogP contribution in [-0.2, 0) is 6.61 Å². The van der Waals surface area contributed by atoms with E-state index in [0.717, 1.165) is 17.9 Å². The molecule has 0 amide bonds. The molecule has 0 saturated heterocycles. The van der Waals surface area contributed by atoms with E-state index in [1.165, 1.54) is 6.07 Å². The van der Waals surface area contributed by atoms with Gasteiger partial charge in [0.1, 0.15) is 12.4 Å². The lowest BCUT2D eigenvalue weighted by molar-refractivity contribution is 0.290. The first-order valence-corrected chi connectivity index (χ1v) is 6.34. The fourth-order valence-electron chi connectivity index (χ4n) is 1.65. The molecule has 0 aliphatic heterocycles. The molecule has 1 aromatic carbocycles. The third kappa shape index (κ3) is 3.35. The number of rotatable bonds is 5. The van der Waals surface area contributed by atoms with Crippen molar-refractivity contribution in [1.82, 2.24) is 4.98 Å². The summed E-state index contributed by atoms with van der Waals surface area (Å²) in [5, 5.41) is 3.38. The van der Waals surface area contributed by atoms with Gasteiger partial charge < -0.3 is 10.1 Å². The highest BCUT2D eigenvalue weighted by Crippen LogP contribution is 2.28. The molecule has 0 radical (unpaired) electrons. The molecule has 5 heteroatoms. The summed E-state index contributed by atoms with van der Waals surface area (Å²) in [5.74, 6) is 0.328. The molecule has 0 saturated carbocycles. The smallest absolute Gasteiger partial charge is 0.174 e. The summed E-state index contributed by atoms with van der Waals surface area (Å²) in [6, 6.07) is 8.13. The molecule has 100 valence electrons. The van der Waals surface area contributed by atoms with Gasteiger partial charge >= 0.3 is 0 Å². The van der Waals surface area contributed by atoms with Gasteiger partial charge in [-0.15, -0.1) is 0 Å². The topological polar surface area (TPSA) is 34.2 Å². The van der Waals surface area contributed by atoms with Gasteiger partial charge in [-0.1, -0.05) is 23.7 Å². The molecule has 0 atom stereocenters. The van der Waals surface area contributed by atoms with Crippen LogP contribution in [0.3, 0.4) is 0 Å². The number of halogens is 2. The van der Waals surface area contributed by atoms with Gasteiger partial charge in [0.05, 0.1) is 5.02 Å². The molecule has 2 aromatic rings. The summed E-state index contributed by atoms with van der Waals surface area (Å²) in [5.41, 5.74) is 0.851. The number of nitrogens with one attached hydrogen (secondary N) is 1. The van der Waals surface area contributed by atoms with Crippen LogP contribution >= 0.6 is 11.6 Å². The number of aromatic nitrogens is 1. The minimum atomic E-state index is -0.471. The summed E-state index contributed by atoms with van der Waals surface area (Å²) in [6.07, 6.45) is 1.69. The maximum absolute atomic E-state index is 13.6. The number of para-hydroxylation sites is 1. The van der Waals surface area contributed by atoms with Gasteiger partial charge in [0.15, 0.2) is 11.6 Å². The Morgan fingerprint density at radius 2 is 2.16 bits per heavy atom. The number of hydrogen-bond acceptors (Lipinski definition) is 3. The highest BCUT2D eigenvalue weighted by molar-refractivity contribution is 6.32. The van der Waals surface area contributed by atoms with Crippen LogP contribution in [0.5, 0.6) is 5.75 Å². The molecular weight excluding hydrogens is 267 g/mol. The molecule has 0 unspecified atom stereocenters. The van der Waals surface area contributed by atoms with Gasteiger partial charge in [-0.05, 0) is 25.1 Å². The highest BCUT2D eigenvalue weighted by atomic mass is 35.5. The first kappa shape index (κ1) is 13.6. The fourth-order valence-corrected chi connectivity index (χ4v) is 1.87. The molecule has 0 spiro atoms. The number of anilines is 1. The van der Waals surface area contributed by atoms with Crippen molar-refractivity contribution in [2.75, 3.05) is 11.9 Å². The normalized spacial score (nSPS) is 10.3. The second kappa shape index (κ2) is 6.38. The molecule has 0 aliphatic carbocycles. The van der Waals surface area contributed by atoms with E-state index in [0.29, 0.717) is 0 Å². The lowest BCUT2D eigenvalue weighted by atomic mass is 10.2.